The quantitative estimate of drug-likeness (QED) is 0.774. The summed E-state index contributed by atoms with van der Waals surface area (Å²) < 4.78 is 5.15. The Balaban J connectivity index is 1.45. The normalized spacial score (nSPS) is 17.3. The molecule has 2 aromatic rings. The molecule has 0 aliphatic carbocycles. The minimum Gasteiger partial charge on any atom is -0.497 e. The average Bonchev–Trinajstić information content (AvgIpc) is 3.07. The van der Waals surface area contributed by atoms with Gasteiger partial charge < -0.3 is 20.3 Å². The molecular formula is C22H27N3O3. The molecule has 1 fully saturated rings. The Hall–Kier alpha value is -3.02. The lowest BCUT2D eigenvalue weighted by Crippen LogP contribution is -2.46. The molecule has 1 aliphatic heterocycles. The van der Waals surface area contributed by atoms with Crippen molar-refractivity contribution in [3.63, 3.8) is 0 Å². The lowest BCUT2D eigenvalue weighted by atomic mass is 10.1. The monoisotopic (exact) mass is 381 g/mol. The van der Waals surface area contributed by atoms with Gasteiger partial charge in [0.05, 0.1) is 13.2 Å². The largest absolute Gasteiger partial charge is 0.497 e. The van der Waals surface area contributed by atoms with Crippen LogP contribution in [-0.4, -0.2) is 37.7 Å². The number of nitrogens with zero attached hydrogens (tertiary/aromatic N) is 1. The molecular weight excluding hydrogens is 354 g/mol. The molecule has 148 valence electrons. The maximum atomic E-state index is 12.3. The first-order valence-corrected chi connectivity index (χ1v) is 9.60. The zero-order valence-corrected chi connectivity index (χ0v) is 16.4. The standard InChI is InChI=1S/C22H27N3O3/c1-16(8-9-17-6-4-3-5-7-17)23-22(27)24-18-14-21(26)25(15-18)19-10-12-20(28-2)13-11-19/h3-7,10-13,16,18H,8-9,14-15H2,1-2H3,(H2,23,24,27)/t16-,18-/m1/s1. The number of rotatable bonds is 7. The molecule has 0 spiro atoms. The number of carbonyl (C=O) groups is 2. The van der Waals surface area contributed by atoms with Gasteiger partial charge in [-0.3, -0.25) is 4.79 Å². The fourth-order valence-corrected chi connectivity index (χ4v) is 3.37. The lowest BCUT2D eigenvalue weighted by Gasteiger charge is -2.19. The third-order valence-corrected chi connectivity index (χ3v) is 4.93. The Morgan fingerprint density at radius 2 is 1.89 bits per heavy atom. The van der Waals surface area contributed by atoms with Crippen molar-refractivity contribution < 1.29 is 14.3 Å². The van der Waals surface area contributed by atoms with Crippen molar-refractivity contribution >= 4 is 17.6 Å². The summed E-state index contributed by atoms with van der Waals surface area (Å²) in [6.45, 7) is 2.46. The molecule has 2 atom stereocenters. The molecule has 0 aromatic heterocycles. The molecule has 28 heavy (non-hydrogen) atoms. The van der Waals surface area contributed by atoms with Crippen LogP contribution in [0.3, 0.4) is 0 Å². The second-order valence-corrected chi connectivity index (χ2v) is 7.15. The van der Waals surface area contributed by atoms with Crippen LogP contribution >= 0.6 is 0 Å². The lowest BCUT2D eigenvalue weighted by molar-refractivity contribution is -0.117. The molecule has 1 aliphatic rings. The summed E-state index contributed by atoms with van der Waals surface area (Å²) in [5.74, 6) is 0.751. The third-order valence-electron chi connectivity index (χ3n) is 4.93. The van der Waals surface area contributed by atoms with Crippen molar-refractivity contribution in [2.24, 2.45) is 0 Å². The molecule has 0 radical (unpaired) electrons. The molecule has 1 heterocycles. The van der Waals surface area contributed by atoms with Crippen molar-refractivity contribution in [1.82, 2.24) is 10.6 Å². The van der Waals surface area contributed by atoms with E-state index >= 15 is 0 Å². The van der Waals surface area contributed by atoms with Crippen molar-refractivity contribution in [3.8, 4) is 5.75 Å². The summed E-state index contributed by atoms with van der Waals surface area (Å²) in [5.41, 5.74) is 2.07. The number of hydrogen-bond acceptors (Lipinski definition) is 3. The van der Waals surface area contributed by atoms with Gasteiger partial charge in [-0.15, -0.1) is 0 Å². The minimum atomic E-state index is -0.227. The number of carbonyl (C=O) groups excluding carboxylic acids is 2. The zero-order valence-electron chi connectivity index (χ0n) is 16.4. The molecule has 2 aromatic carbocycles. The Bertz CT molecular complexity index is 792. The second kappa shape index (κ2) is 9.26. The Morgan fingerprint density at radius 3 is 2.57 bits per heavy atom. The summed E-state index contributed by atoms with van der Waals surface area (Å²) >= 11 is 0. The van der Waals surface area contributed by atoms with E-state index in [9.17, 15) is 9.59 Å². The molecule has 2 N–H and O–H groups in total. The molecule has 1 saturated heterocycles. The first-order chi connectivity index (χ1) is 13.5. The number of amides is 3. The third kappa shape index (κ3) is 5.25. The fourth-order valence-electron chi connectivity index (χ4n) is 3.37. The van der Waals surface area contributed by atoms with E-state index in [-0.39, 0.29) is 24.0 Å². The first kappa shape index (κ1) is 19.7. The van der Waals surface area contributed by atoms with Crippen LogP contribution in [0.1, 0.15) is 25.3 Å². The van der Waals surface area contributed by atoms with E-state index in [1.807, 2.05) is 49.4 Å². The fraction of sp³-hybridized carbons (Fsp3) is 0.364. The smallest absolute Gasteiger partial charge is 0.315 e. The van der Waals surface area contributed by atoms with E-state index in [1.54, 1.807) is 12.0 Å². The van der Waals surface area contributed by atoms with Gasteiger partial charge in [0.1, 0.15) is 5.75 Å². The number of urea groups is 1. The molecule has 3 amide bonds. The van der Waals surface area contributed by atoms with Crippen molar-refractivity contribution in [3.05, 3.63) is 60.2 Å². The zero-order chi connectivity index (χ0) is 19.9. The first-order valence-electron chi connectivity index (χ1n) is 9.60. The molecule has 3 rings (SSSR count). The van der Waals surface area contributed by atoms with Gasteiger partial charge in [0.2, 0.25) is 5.91 Å². The Kier molecular flexibility index (Phi) is 6.53. The minimum absolute atomic E-state index is 0.00703. The maximum Gasteiger partial charge on any atom is 0.315 e. The summed E-state index contributed by atoms with van der Waals surface area (Å²) in [6, 6.07) is 17.2. The number of benzene rings is 2. The van der Waals surface area contributed by atoms with Crippen LogP contribution in [0.2, 0.25) is 0 Å². The number of anilines is 1. The van der Waals surface area contributed by atoms with Crippen LogP contribution in [0.25, 0.3) is 0 Å². The second-order valence-electron chi connectivity index (χ2n) is 7.15. The van der Waals surface area contributed by atoms with Crippen molar-refractivity contribution in [2.75, 3.05) is 18.6 Å². The highest BCUT2D eigenvalue weighted by Crippen LogP contribution is 2.24. The van der Waals surface area contributed by atoms with Gasteiger partial charge in [0.25, 0.3) is 0 Å². The molecule has 6 nitrogen and oxygen atoms in total. The molecule has 6 heteroatoms. The van der Waals surface area contributed by atoms with E-state index in [0.717, 1.165) is 24.3 Å². The van der Waals surface area contributed by atoms with Gasteiger partial charge >= 0.3 is 6.03 Å². The van der Waals surface area contributed by atoms with Crippen LogP contribution in [-0.2, 0) is 11.2 Å². The predicted molar refractivity (Wildman–Crippen MR) is 110 cm³/mol. The number of nitrogens with one attached hydrogen (secondary N) is 2. The van der Waals surface area contributed by atoms with E-state index in [0.29, 0.717) is 13.0 Å². The summed E-state index contributed by atoms with van der Waals surface area (Å²) in [5, 5.41) is 5.89. The topological polar surface area (TPSA) is 70.7 Å². The van der Waals surface area contributed by atoms with Gasteiger partial charge in [-0.1, -0.05) is 30.3 Å². The number of methoxy groups -OCH3 is 1. The molecule has 0 saturated carbocycles. The van der Waals surface area contributed by atoms with Crippen molar-refractivity contribution in [1.29, 1.82) is 0 Å². The van der Waals surface area contributed by atoms with Crippen molar-refractivity contribution in [2.45, 2.75) is 38.3 Å². The highest BCUT2D eigenvalue weighted by molar-refractivity contribution is 5.96. The number of ether oxygens (including phenoxy) is 1. The van der Waals surface area contributed by atoms with Gasteiger partial charge in [0.15, 0.2) is 0 Å². The maximum absolute atomic E-state index is 12.3. The molecule has 0 bridgehead atoms. The number of aryl methyl sites for hydroxylation is 1. The van der Waals surface area contributed by atoms with E-state index in [1.165, 1.54) is 5.56 Å². The SMILES string of the molecule is COc1ccc(N2C[C@H](NC(=O)N[C@H](C)CCc3ccccc3)CC2=O)cc1. The van der Waals surface area contributed by atoms with Crippen LogP contribution in [0.5, 0.6) is 5.75 Å². The van der Waals surface area contributed by atoms with Gasteiger partial charge in [-0.2, -0.15) is 0 Å². The number of hydrogen-bond donors (Lipinski definition) is 2. The van der Waals surface area contributed by atoms with Gasteiger partial charge in [0, 0.05) is 24.7 Å². The summed E-state index contributed by atoms with van der Waals surface area (Å²) in [4.78, 5) is 26.3. The summed E-state index contributed by atoms with van der Waals surface area (Å²) in [6.07, 6.45) is 2.08. The van der Waals surface area contributed by atoms with Crippen LogP contribution in [0.4, 0.5) is 10.5 Å². The highest BCUT2D eigenvalue weighted by atomic mass is 16.5. The molecule has 0 unspecified atom stereocenters. The predicted octanol–water partition coefficient (Wildman–Crippen LogP) is 3.12. The highest BCUT2D eigenvalue weighted by Gasteiger charge is 2.31. The van der Waals surface area contributed by atoms with Crippen LogP contribution in [0, 0.1) is 0 Å². The average molecular weight is 381 g/mol. The van der Waals surface area contributed by atoms with Gasteiger partial charge in [-0.05, 0) is 49.6 Å². The van der Waals surface area contributed by atoms with E-state index in [2.05, 4.69) is 22.8 Å². The van der Waals surface area contributed by atoms with Crippen LogP contribution < -0.4 is 20.3 Å². The summed E-state index contributed by atoms with van der Waals surface area (Å²) in [7, 11) is 1.61. The van der Waals surface area contributed by atoms with Crippen LogP contribution in [0.15, 0.2) is 54.6 Å². The Morgan fingerprint density at radius 1 is 1.18 bits per heavy atom. The Labute approximate surface area is 165 Å². The van der Waals surface area contributed by atoms with Gasteiger partial charge in [-0.25, -0.2) is 4.79 Å². The van der Waals surface area contributed by atoms with E-state index < -0.39 is 0 Å². The van der Waals surface area contributed by atoms with E-state index in [4.69, 9.17) is 4.74 Å².